The summed E-state index contributed by atoms with van der Waals surface area (Å²) in [5.41, 5.74) is 2.23. The first-order valence-electron chi connectivity index (χ1n) is 9.73. The number of halogens is 1. The second kappa shape index (κ2) is 10.2. The number of hydrogen-bond donors (Lipinski definition) is 3. The van der Waals surface area contributed by atoms with Crippen LogP contribution in [-0.4, -0.2) is 30.8 Å². The standard InChI is InChI=1S/C24H22FN3O3/c1-16-7-8-19(15-21(16)25)23(30)27-14-13-26-22(29)18-9-11-20(12-10-18)28-24(31)17-5-3-2-4-6-17/h2-12,15H,13-14H2,1H3,(H,26,29)(H,27,30)(H,28,31). The molecular weight excluding hydrogens is 397 g/mol. The van der Waals surface area contributed by atoms with Crippen LogP contribution in [-0.2, 0) is 0 Å². The summed E-state index contributed by atoms with van der Waals surface area (Å²) in [4.78, 5) is 36.4. The second-order valence-corrected chi connectivity index (χ2v) is 6.87. The third-order valence-corrected chi connectivity index (χ3v) is 4.57. The third kappa shape index (κ3) is 5.99. The van der Waals surface area contributed by atoms with Crippen LogP contribution in [0.3, 0.4) is 0 Å². The number of hydrogen-bond acceptors (Lipinski definition) is 3. The number of nitrogens with one attached hydrogen (secondary N) is 3. The van der Waals surface area contributed by atoms with Crippen molar-refractivity contribution in [1.82, 2.24) is 10.6 Å². The quantitative estimate of drug-likeness (QED) is 0.512. The normalized spacial score (nSPS) is 10.3. The highest BCUT2D eigenvalue weighted by Gasteiger charge is 2.10. The van der Waals surface area contributed by atoms with E-state index < -0.39 is 11.7 Å². The van der Waals surface area contributed by atoms with E-state index in [1.165, 1.54) is 12.1 Å². The van der Waals surface area contributed by atoms with Crippen molar-refractivity contribution >= 4 is 23.4 Å². The van der Waals surface area contributed by atoms with Gasteiger partial charge < -0.3 is 16.0 Å². The first-order chi connectivity index (χ1) is 14.9. The van der Waals surface area contributed by atoms with Gasteiger partial charge in [-0.15, -0.1) is 0 Å². The molecule has 3 amide bonds. The van der Waals surface area contributed by atoms with E-state index in [0.717, 1.165) is 0 Å². The lowest BCUT2D eigenvalue weighted by molar-refractivity contribution is 0.0927. The minimum atomic E-state index is -0.440. The Hall–Kier alpha value is -4.00. The molecule has 0 radical (unpaired) electrons. The van der Waals surface area contributed by atoms with Gasteiger partial charge in [0.1, 0.15) is 5.82 Å². The Bertz CT molecular complexity index is 1080. The zero-order valence-corrected chi connectivity index (χ0v) is 16.9. The summed E-state index contributed by atoms with van der Waals surface area (Å²) in [6, 6.07) is 19.6. The Morgan fingerprint density at radius 3 is 1.87 bits per heavy atom. The summed E-state index contributed by atoms with van der Waals surface area (Å²) in [6.07, 6.45) is 0. The Morgan fingerprint density at radius 1 is 0.710 bits per heavy atom. The SMILES string of the molecule is Cc1ccc(C(=O)NCCNC(=O)c2ccc(NC(=O)c3ccccc3)cc2)cc1F. The molecule has 7 heteroatoms. The largest absolute Gasteiger partial charge is 0.350 e. The highest BCUT2D eigenvalue weighted by Crippen LogP contribution is 2.12. The van der Waals surface area contributed by atoms with E-state index >= 15 is 0 Å². The summed E-state index contributed by atoms with van der Waals surface area (Å²) in [7, 11) is 0. The molecule has 6 nitrogen and oxygen atoms in total. The summed E-state index contributed by atoms with van der Waals surface area (Å²) in [6.45, 7) is 2.03. The Balaban J connectivity index is 1.44. The predicted molar refractivity (Wildman–Crippen MR) is 117 cm³/mol. The predicted octanol–water partition coefficient (Wildman–Crippen LogP) is 3.55. The fraction of sp³-hybridized carbons (Fsp3) is 0.125. The monoisotopic (exact) mass is 419 g/mol. The number of rotatable bonds is 7. The fourth-order valence-electron chi connectivity index (χ4n) is 2.79. The van der Waals surface area contributed by atoms with Gasteiger partial charge in [0.15, 0.2) is 0 Å². The van der Waals surface area contributed by atoms with Gasteiger partial charge in [-0.3, -0.25) is 14.4 Å². The number of carbonyl (C=O) groups is 3. The van der Waals surface area contributed by atoms with Crippen molar-refractivity contribution in [2.75, 3.05) is 18.4 Å². The number of benzene rings is 3. The zero-order chi connectivity index (χ0) is 22.2. The van der Waals surface area contributed by atoms with Crippen LogP contribution in [0.5, 0.6) is 0 Å². The Labute approximate surface area is 179 Å². The zero-order valence-electron chi connectivity index (χ0n) is 16.9. The van der Waals surface area contributed by atoms with Crippen molar-refractivity contribution in [1.29, 1.82) is 0 Å². The minimum absolute atomic E-state index is 0.200. The van der Waals surface area contributed by atoms with Gasteiger partial charge in [0, 0.05) is 35.5 Å². The highest BCUT2D eigenvalue weighted by molar-refractivity contribution is 6.04. The topological polar surface area (TPSA) is 87.3 Å². The summed E-state index contributed by atoms with van der Waals surface area (Å²) in [5, 5.41) is 8.10. The molecule has 0 spiro atoms. The maximum absolute atomic E-state index is 13.5. The Kier molecular flexibility index (Phi) is 7.11. The molecule has 0 saturated heterocycles. The summed E-state index contributed by atoms with van der Waals surface area (Å²) >= 11 is 0. The molecule has 0 aromatic heterocycles. The molecule has 0 aliphatic carbocycles. The van der Waals surface area contributed by atoms with Gasteiger partial charge in [-0.05, 0) is 61.0 Å². The molecule has 3 aromatic rings. The molecular formula is C24H22FN3O3. The van der Waals surface area contributed by atoms with Crippen molar-refractivity contribution in [3.05, 3.63) is 101 Å². The van der Waals surface area contributed by atoms with Gasteiger partial charge >= 0.3 is 0 Å². The van der Waals surface area contributed by atoms with Crippen molar-refractivity contribution in [3.63, 3.8) is 0 Å². The van der Waals surface area contributed by atoms with Crippen molar-refractivity contribution in [2.24, 2.45) is 0 Å². The molecule has 0 bridgehead atoms. The molecule has 0 unspecified atom stereocenters. The number of amides is 3. The van der Waals surface area contributed by atoms with Crippen LogP contribution in [0.15, 0.2) is 72.8 Å². The van der Waals surface area contributed by atoms with Crippen LogP contribution in [0.4, 0.5) is 10.1 Å². The van der Waals surface area contributed by atoms with Gasteiger partial charge in [-0.25, -0.2) is 4.39 Å². The minimum Gasteiger partial charge on any atom is -0.350 e. The molecule has 0 atom stereocenters. The molecule has 0 fully saturated rings. The fourth-order valence-corrected chi connectivity index (χ4v) is 2.79. The number of carbonyl (C=O) groups excluding carboxylic acids is 3. The maximum Gasteiger partial charge on any atom is 0.255 e. The van der Waals surface area contributed by atoms with Gasteiger partial charge in [0.25, 0.3) is 17.7 Å². The molecule has 3 rings (SSSR count). The van der Waals surface area contributed by atoms with Gasteiger partial charge in [-0.2, -0.15) is 0 Å². The first kappa shape index (κ1) is 21.7. The molecule has 158 valence electrons. The van der Waals surface area contributed by atoms with Crippen LogP contribution < -0.4 is 16.0 Å². The first-order valence-corrected chi connectivity index (χ1v) is 9.73. The lowest BCUT2D eigenvalue weighted by atomic mass is 10.1. The smallest absolute Gasteiger partial charge is 0.255 e. The van der Waals surface area contributed by atoms with Crippen LogP contribution in [0.25, 0.3) is 0 Å². The average Bonchev–Trinajstić information content (AvgIpc) is 2.79. The van der Waals surface area contributed by atoms with Crippen LogP contribution >= 0.6 is 0 Å². The van der Waals surface area contributed by atoms with Gasteiger partial charge in [0.05, 0.1) is 0 Å². The number of anilines is 1. The van der Waals surface area contributed by atoms with Crippen LogP contribution in [0.2, 0.25) is 0 Å². The lowest BCUT2D eigenvalue weighted by Crippen LogP contribution is -2.34. The maximum atomic E-state index is 13.5. The van der Waals surface area contributed by atoms with Crippen molar-refractivity contribution in [2.45, 2.75) is 6.92 Å². The van der Waals surface area contributed by atoms with Crippen molar-refractivity contribution < 1.29 is 18.8 Å². The average molecular weight is 419 g/mol. The third-order valence-electron chi connectivity index (χ3n) is 4.57. The van der Waals surface area contributed by atoms with E-state index in [2.05, 4.69) is 16.0 Å². The molecule has 3 N–H and O–H groups in total. The summed E-state index contributed by atoms with van der Waals surface area (Å²) in [5.74, 6) is -1.39. The van der Waals surface area contributed by atoms with E-state index in [1.807, 2.05) is 6.07 Å². The lowest BCUT2D eigenvalue weighted by Gasteiger charge is -2.09. The molecule has 0 saturated carbocycles. The molecule has 3 aromatic carbocycles. The van der Waals surface area contributed by atoms with Crippen molar-refractivity contribution in [3.8, 4) is 0 Å². The van der Waals surface area contributed by atoms with E-state index in [9.17, 15) is 18.8 Å². The van der Waals surface area contributed by atoms with Crippen LogP contribution in [0.1, 0.15) is 36.6 Å². The highest BCUT2D eigenvalue weighted by atomic mass is 19.1. The van der Waals surface area contributed by atoms with E-state index in [4.69, 9.17) is 0 Å². The summed E-state index contributed by atoms with van der Waals surface area (Å²) < 4.78 is 13.5. The molecule has 0 aliphatic heterocycles. The molecule has 0 heterocycles. The number of aryl methyl sites for hydroxylation is 1. The van der Waals surface area contributed by atoms with E-state index in [-0.39, 0.29) is 30.5 Å². The van der Waals surface area contributed by atoms with Gasteiger partial charge in [-0.1, -0.05) is 24.3 Å². The molecule has 0 aliphatic rings. The van der Waals surface area contributed by atoms with Gasteiger partial charge in [0.2, 0.25) is 0 Å². The van der Waals surface area contributed by atoms with E-state index in [1.54, 1.807) is 61.5 Å². The second-order valence-electron chi connectivity index (χ2n) is 6.87. The van der Waals surface area contributed by atoms with E-state index in [0.29, 0.717) is 22.4 Å². The van der Waals surface area contributed by atoms with Crippen LogP contribution in [0, 0.1) is 12.7 Å². The Morgan fingerprint density at radius 2 is 1.26 bits per heavy atom. The molecule has 31 heavy (non-hydrogen) atoms.